The number of halogens is 5. The Morgan fingerprint density at radius 3 is 2.45 bits per heavy atom. The molecule has 1 saturated carbocycles. The van der Waals surface area contributed by atoms with Crippen LogP contribution in [0.5, 0.6) is 11.6 Å². The van der Waals surface area contributed by atoms with Crippen LogP contribution in [0.3, 0.4) is 0 Å². The van der Waals surface area contributed by atoms with Gasteiger partial charge in [0.2, 0.25) is 5.88 Å². The van der Waals surface area contributed by atoms with Gasteiger partial charge in [0.15, 0.2) is 0 Å². The molecule has 0 saturated heterocycles. The molecule has 3 N–H and O–H groups in total. The van der Waals surface area contributed by atoms with Crippen LogP contribution in [0, 0.1) is 26.7 Å². The molecule has 42 heavy (non-hydrogen) atoms. The normalized spacial score (nSPS) is 18.5. The first kappa shape index (κ1) is 31.1. The van der Waals surface area contributed by atoms with Crippen LogP contribution >= 0.6 is 0 Å². The van der Waals surface area contributed by atoms with Gasteiger partial charge in [-0.05, 0) is 87.8 Å². The van der Waals surface area contributed by atoms with Gasteiger partial charge in [0.05, 0.1) is 35.2 Å². The third-order valence-corrected chi connectivity index (χ3v) is 7.95. The number of phenolic OH excluding ortho intramolecular Hbond substituents is 1. The number of hydrogen-bond donors (Lipinski definition) is 3. The SMILES string of the molecule is CCOC(=O)C1CCCC(c2cccc(NC(c3c(C)nn(-c4ccc(C)c(C)c4)c3O)C(F)(F)C(F)(F)F)c2O)C1. The predicted octanol–water partition coefficient (Wildman–Crippen LogP) is 7.40. The summed E-state index contributed by atoms with van der Waals surface area (Å²) in [5, 5.41) is 28.4. The molecule has 228 valence electrons. The summed E-state index contributed by atoms with van der Waals surface area (Å²) in [5.41, 5.74) is 0.899. The Labute approximate surface area is 240 Å². The average molecular weight is 596 g/mol. The minimum Gasteiger partial charge on any atom is -0.505 e. The summed E-state index contributed by atoms with van der Waals surface area (Å²) in [7, 11) is 0. The van der Waals surface area contributed by atoms with Gasteiger partial charge in [0, 0.05) is 0 Å². The van der Waals surface area contributed by atoms with Gasteiger partial charge in [0.25, 0.3) is 0 Å². The largest absolute Gasteiger partial charge is 0.505 e. The molecule has 0 spiro atoms. The van der Waals surface area contributed by atoms with Crippen LogP contribution in [-0.4, -0.2) is 44.7 Å². The number of anilines is 1. The zero-order chi connectivity index (χ0) is 31.0. The van der Waals surface area contributed by atoms with E-state index in [2.05, 4.69) is 10.4 Å². The van der Waals surface area contributed by atoms with Crippen LogP contribution in [0.1, 0.15) is 72.5 Å². The fourth-order valence-corrected chi connectivity index (χ4v) is 5.52. The van der Waals surface area contributed by atoms with E-state index in [4.69, 9.17) is 4.74 Å². The lowest BCUT2D eigenvalue weighted by atomic mass is 9.77. The first-order valence-corrected chi connectivity index (χ1v) is 13.7. The summed E-state index contributed by atoms with van der Waals surface area (Å²) in [5.74, 6) is -7.91. The molecule has 1 aromatic heterocycles. The fourth-order valence-electron chi connectivity index (χ4n) is 5.52. The monoisotopic (exact) mass is 595 g/mol. The highest BCUT2D eigenvalue weighted by molar-refractivity contribution is 5.73. The molecule has 7 nitrogen and oxygen atoms in total. The average Bonchev–Trinajstić information content (AvgIpc) is 3.22. The molecule has 0 amide bonds. The van der Waals surface area contributed by atoms with Crippen molar-refractivity contribution in [1.82, 2.24) is 9.78 Å². The minimum absolute atomic E-state index is 0.214. The maximum atomic E-state index is 15.2. The van der Waals surface area contributed by atoms with E-state index >= 15 is 8.78 Å². The Morgan fingerprint density at radius 1 is 1.10 bits per heavy atom. The zero-order valence-electron chi connectivity index (χ0n) is 23.7. The van der Waals surface area contributed by atoms with E-state index in [-0.39, 0.29) is 35.6 Å². The fraction of sp³-hybridized carbons (Fsp3) is 0.467. The van der Waals surface area contributed by atoms with E-state index in [0.717, 1.165) is 15.8 Å². The van der Waals surface area contributed by atoms with Crippen molar-refractivity contribution in [3.05, 3.63) is 64.3 Å². The van der Waals surface area contributed by atoms with Crippen LogP contribution in [0.2, 0.25) is 0 Å². The van der Waals surface area contributed by atoms with Gasteiger partial charge in [-0.15, -0.1) is 0 Å². The summed E-state index contributed by atoms with van der Waals surface area (Å²) < 4.78 is 77.8. The maximum absolute atomic E-state index is 15.2. The Balaban J connectivity index is 1.76. The number of ether oxygens (including phenoxy) is 1. The lowest BCUT2D eigenvalue weighted by Crippen LogP contribution is -2.45. The van der Waals surface area contributed by atoms with Crippen molar-refractivity contribution in [3.8, 4) is 17.3 Å². The highest BCUT2D eigenvalue weighted by Gasteiger charge is 2.64. The number of esters is 1. The number of para-hydroxylation sites is 1. The molecule has 1 fully saturated rings. The third kappa shape index (κ3) is 5.89. The molecule has 4 rings (SSSR count). The topological polar surface area (TPSA) is 96.6 Å². The minimum atomic E-state index is -6.00. The number of benzene rings is 2. The molecule has 2 aromatic carbocycles. The second-order valence-electron chi connectivity index (χ2n) is 10.8. The maximum Gasteiger partial charge on any atom is 0.455 e. The van der Waals surface area contributed by atoms with E-state index in [9.17, 15) is 28.2 Å². The van der Waals surface area contributed by atoms with E-state index in [1.807, 2.05) is 6.92 Å². The van der Waals surface area contributed by atoms with E-state index in [1.54, 1.807) is 38.1 Å². The van der Waals surface area contributed by atoms with Crippen molar-refractivity contribution in [1.29, 1.82) is 0 Å². The van der Waals surface area contributed by atoms with Crippen molar-refractivity contribution in [2.75, 3.05) is 11.9 Å². The quantitative estimate of drug-likeness (QED) is 0.143. The third-order valence-electron chi connectivity index (χ3n) is 7.95. The second kappa shape index (κ2) is 11.8. The summed E-state index contributed by atoms with van der Waals surface area (Å²) in [4.78, 5) is 12.3. The Hall–Kier alpha value is -3.83. The Morgan fingerprint density at radius 2 is 1.81 bits per heavy atom. The lowest BCUT2D eigenvalue weighted by molar-refractivity contribution is -0.288. The number of hydrogen-bond acceptors (Lipinski definition) is 6. The van der Waals surface area contributed by atoms with Gasteiger partial charge in [-0.3, -0.25) is 4.79 Å². The van der Waals surface area contributed by atoms with Gasteiger partial charge >= 0.3 is 18.1 Å². The number of phenols is 1. The zero-order valence-corrected chi connectivity index (χ0v) is 23.7. The predicted molar refractivity (Wildman–Crippen MR) is 146 cm³/mol. The highest BCUT2D eigenvalue weighted by atomic mass is 19.4. The van der Waals surface area contributed by atoms with E-state index in [1.165, 1.54) is 19.1 Å². The summed E-state index contributed by atoms with van der Waals surface area (Å²) in [6, 6.07) is 6.23. The molecular weight excluding hydrogens is 561 g/mol. The second-order valence-corrected chi connectivity index (χ2v) is 10.8. The van der Waals surface area contributed by atoms with Crippen molar-refractivity contribution in [2.24, 2.45) is 5.92 Å². The first-order valence-electron chi connectivity index (χ1n) is 13.7. The Bertz CT molecular complexity index is 1450. The molecule has 3 unspecified atom stereocenters. The molecule has 3 aromatic rings. The number of alkyl halides is 5. The van der Waals surface area contributed by atoms with Crippen LogP contribution < -0.4 is 5.32 Å². The number of rotatable bonds is 8. The van der Waals surface area contributed by atoms with Crippen molar-refractivity contribution in [3.63, 3.8) is 0 Å². The van der Waals surface area contributed by atoms with Gasteiger partial charge in [-0.25, -0.2) is 4.68 Å². The van der Waals surface area contributed by atoms with E-state index < -0.39 is 41.3 Å². The van der Waals surface area contributed by atoms with Crippen LogP contribution in [0.4, 0.5) is 27.6 Å². The molecule has 0 bridgehead atoms. The number of aromatic hydroxyl groups is 2. The van der Waals surface area contributed by atoms with Crippen molar-refractivity contribution >= 4 is 11.7 Å². The van der Waals surface area contributed by atoms with E-state index in [0.29, 0.717) is 31.2 Å². The van der Waals surface area contributed by atoms with Crippen LogP contribution in [0.25, 0.3) is 5.69 Å². The number of aryl methyl sites for hydroxylation is 3. The van der Waals surface area contributed by atoms with Gasteiger partial charge in [-0.2, -0.15) is 27.1 Å². The highest BCUT2D eigenvalue weighted by Crippen LogP contribution is 2.50. The number of nitrogens with zero attached hydrogens (tertiary/aromatic N) is 2. The van der Waals surface area contributed by atoms with Gasteiger partial charge in [0.1, 0.15) is 11.8 Å². The van der Waals surface area contributed by atoms with Gasteiger partial charge in [-0.1, -0.05) is 24.6 Å². The van der Waals surface area contributed by atoms with Gasteiger partial charge < -0.3 is 20.3 Å². The standard InChI is InChI=1S/C30H34F5N3O4/c1-5-42-28(41)20-9-6-8-19(15-20)22-10-7-11-23(25(22)39)36-26(29(31,32)30(33,34)35)24-18(4)37-38(27(24)40)21-13-12-16(2)17(3)14-21/h7,10-14,19-20,26,36,39-40H,5-6,8-9,15H2,1-4H3. The molecule has 0 radical (unpaired) electrons. The number of aromatic nitrogens is 2. The summed E-state index contributed by atoms with van der Waals surface area (Å²) in [6.07, 6.45) is -3.85. The molecule has 1 heterocycles. The molecule has 12 heteroatoms. The van der Waals surface area contributed by atoms with Crippen LogP contribution in [-0.2, 0) is 9.53 Å². The lowest BCUT2D eigenvalue weighted by Gasteiger charge is -2.32. The summed E-state index contributed by atoms with van der Waals surface area (Å²) >= 11 is 0. The number of nitrogens with one attached hydrogen (secondary N) is 1. The molecular formula is C30H34F5N3O4. The van der Waals surface area contributed by atoms with Crippen LogP contribution in [0.15, 0.2) is 36.4 Å². The molecule has 1 aliphatic rings. The number of carbonyl (C=O) groups excluding carboxylic acids is 1. The summed E-state index contributed by atoms with van der Waals surface area (Å²) in [6.45, 7) is 6.75. The van der Waals surface area contributed by atoms with Crippen molar-refractivity contribution in [2.45, 2.75) is 77.4 Å². The number of carbonyl (C=O) groups is 1. The molecule has 0 aliphatic heterocycles. The smallest absolute Gasteiger partial charge is 0.455 e. The Kier molecular flexibility index (Phi) is 8.75. The molecule has 3 atom stereocenters. The first-order chi connectivity index (χ1) is 19.7. The molecule has 1 aliphatic carbocycles. The van der Waals surface area contributed by atoms with Crippen molar-refractivity contribution < 1.29 is 41.7 Å².